The van der Waals surface area contributed by atoms with Crippen molar-refractivity contribution in [3.05, 3.63) is 102 Å². The van der Waals surface area contributed by atoms with Crippen molar-refractivity contribution in [3.8, 4) is 11.8 Å². The average Bonchev–Trinajstić information content (AvgIpc) is 3.07. The van der Waals surface area contributed by atoms with Crippen molar-refractivity contribution < 1.29 is 14.3 Å². The maximum absolute atomic E-state index is 12.9. The molecule has 0 aromatic heterocycles. The summed E-state index contributed by atoms with van der Waals surface area (Å²) in [4.78, 5) is 26.9. The average molecular weight is 598 g/mol. The third kappa shape index (κ3) is 5.44. The van der Waals surface area contributed by atoms with Crippen LogP contribution in [0.25, 0.3) is 6.08 Å². The molecular weight excluding hydrogens is 580 g/mol. The van der Waals surface area contributed by atoms with Crippen LogP contribution in [0, 0.1) is 18.3 Å². The summed E-state index contributed by atoms with van der Waals surface area (Å²) < 4.78 is 7.44. The van der Waals surface area contributed by atoms with Crippen molar-refractivity contribution in [3.63, 3.8) is 0 Å². The second kappa shape index (κ2) is 10.6. The molecule has 0 aliphatic carbocycles. The number of imide groups is 1. The lowest BCUT2D eigenvalue weighted by Gasteiger charge is -2.13. The molecule has 1 aliphatic rings. The molecule has 0 spiro atoms. The standard InChI is InChI=1S/C26H18Br2N2O3S/c1-16-6-8-17(9-7-16)15-33-24-21(27)10-18(11-22(24)28)12-23-25(31)30(26(32)34-23)14-20-5-3-2-4-19(20)13-29/h2-12H,14-15H2,1H3/b23-12+. The molecule has 1 fully saturated rings. The van der Waals surface area contributed by atoms with Crippen molar-refractivity contribution in [2.45, 2.75) is 20.1 Å². The molecule has 0 atom stereocenters. The highest BCUT2D eigenvalue weighted by molar-refractivity contribution is 9.11. The number of hydrogen-bond donors (Lipinski definition) is 0. The number of carbonyl (C=O) groups is 2. The van der Waals surface area contributed by atoms with Gasteiger partial charge in [0.2, 0.25) is 0 Å². The molecule has 1 aliphatic heterocycles. The Morgan fingerprint density at radius 3 is 2.41 bits per heavy atom. The lowest BCUT2D eigenvalue weighted by molar-refractivity contribution is -0.123. The van der Waals surface area contributed by atoms with E-state index in [0.717, 1.165) is 36.7 Å². The maximum Gasteiger partial charge on any atom is 0.293 e. The highest BCUT2D eigenvalue weighted by Crippen LogP contribution is 2.38. The lowest BCUT2D eigenvalue weighted by atomic mass is 10.1. The number of amides is 2. The molecule has 0 saturated carbocycles. The maximum atomic E-state index is 12.9. The van der Waals surface area contributed by atoms with Crippen LogP contribution >= 0.6 is 43.6 Å². The first-order valence-corrected chi connectivity index (χ1v) is 12.7. The molecule has 0 unspecified atom stereocenters. The molecule has 4 rings (SSSR count). The van der Waals surface area contributed by atoms with Gasteiger partial charge in [0.15, 0.2) is 0 Å². The van der Waals surface area contributed by atoms with Crippen molar-refractivity contribution in [2.75, 3.05) is 0 Å². The predicted molar refractivity (Wildman–Crippen MR) is 140 cm³/mol. The fourth-order valence-electron chi connectivity index (χ4n) is 3.37. The summed E-state index contributed by atoms with van der Waals surface area (Å²) in [5, 5.41) is 8.92. The molecule has 8 heteroatoms. The van der Waals surface area contributed by atoms with E-state index in [1.54, 1.807) is 30.3 Å². The first-order chi connectivity index (χ1) is 16.4. The number of thioether (sulfide) groups is 1. The molecule has 0 radical (unpaired) electrons. The van der Waals surface area contributed by atoms with Gasteiger partial charge in [-0.15, -0.1) is 0 Å². The normalized spacial score (nSPS) is 14.5. The van der Waals surface area contributed by atoms with Crippen LogP contribution in [0.2, 0.25) is 0 Å². The molecule has 1 heterocycles. The van der Waals surface area contributed by atoms with E-state index in [4.69, 9.17) is 4.74 Å². The summed E-state index contributed by atoms with van der Waals surface area (Å²) >= 11 is 7.98. The topological polar surface area (TPSA) is 70.4 Å². The Morgan fingerprint density at radius 2 is 1.74 bits per heavy atom. The Morgan fingerprint density at radius 1 is 1.06 bits per heavy atom. The molecule has 0 bridgehead atoms. The van der Waals surface area contributed by atoms with Crippen LogP contribution in [-0.4, -0.2) is 16.0 Å². The van der Waals surface area contributed by atoms with Crippen LogP contribution in [0.5, 0.6) is 5.75 Å². The monoisotopic (exact) mass is 596 g/mol. The quantitative estimate of drug-likeness (QED) is 0.281. The number of nitriles is 1. The van der Waals surface area contributed by atoms with E-state index in [9.17, 15) is 14.9 Å². The fraction of sp³-hybridized carbons (Fsp3) is 0.115. The highest BCUT2D eigenvalue weighted by atomic mass is 79.9. The van der Waals surface area contributed by atoms with Crippen LogP contribution in [0.4, 0.5) is 4.79 Å². The molecule has 3 aromatic carbocycles. The van der Waals surface area contributed by atoms with Gasteiger partial charge in [-0.3, -0.25) is 14.5 Å². The van der Waals surface area contributed by atoms with Gasteiger partial charge in [-0.25, -0.2) is 0 Å². The highest BCUT2D eigenvalue weighted by Gasteiger charge is 2.35. The number of nitrogens with zero attached hydrogens (tertiary/aromatic N) is 2. The number of benzene rings is 3. The number of halogens is 2. The summed E-state index contributed by atoms with van der Waals surface area (Å²) in [5.74, 6) is 0.272. The van der Waals surface area contributed by atoms with E-state index in [-0.39, 0.29) is 17.7 Å². The summed E-state index contributed by atoms with van der Waals surface area (Å²) in [6.07, 6.45) is 1.68. The Labute approximate surface area is 218 Å². The van der Waals surface area contributed by atoms with Gasteiger partial charge in [0.1, 0.15) is 12.4 Å². The number of ether oxygens (including phenoxy) is 1. The van der Waals surface area contributed by atoms with Crippen LogP contribution < -0.4 is 4.74 Å². The zero-order valence-electron chi connectivity index (χ0n) is 18.0. The minimum Gasteiger partial charge on any atom is -0.487 e. The molecule has 3 aromatic rings. The molecule has 5 nitrogen and oxygen atoms in total. The van der Waals surface area contributed by atoms with Crippen molar-refractivity contribution >= 4 is 60.8 Å². The van der Waals surface area contributed by atoms with E-state index < -0.39 is 0 Å². The van der Waals surface area contributed by atoms with E-state index >= 15 is 0 Å². The van der Waals surface area contributed by atoms with Crippen LogP contribution in [0.1, 0.15) is 27.8 Å². The largest absolute Gasteiger partial charge is 0.487 e. The van der Waals surface area contributed by atoms with Crippen molar-refractivity contribution in [1.29, 1.82) is 5.26 Å². The van der Waals surface area contributed by atoms with Gasteiger partial charge in [0.25, 0.3) is 11.1 Å². The van der Waals surface area contributed by atoms with Crippen molar-refractivity contribution in [2.24, 2.45) is 0 Å². The van der Waals surface area contributed by atoms with Gasteiger partial charge in [0, 0.05) is 0 Å². The molecular formula is C26H18Br2N2O3S. The molecule has 1 saturated heterocycles. The second-order valence-electron chi connectivity index (χ2n) is 7.62. The first-order valence-electron chi connectivity index (χ1n) is 10.3. The van der Waals surface area contributed by atoms with Gasteiger partial charge >= 0.3 is 0 Å². The minimum absolute atomic E-state index is 0.0604. The Balaban J connectivity index is 1.51. The molecule has 170 valence electrons. The summed E-state index contributed by atoms with van der Waals surface area (Å²) in [5.41, 5.74) is 4.06. The number of rotatable bonds is 6. The van der Waals surface area contributed by atoms with Crippen LogP contribution in [0.15, 0.2) is 74.5 Å². The number of aryl methyl sites for hydroxylation is 1. The smallest absolute Gasteiger partial charge is 0.293 e. The Hall–Kier alpha value is -2.86. The zero-order chi connectivity index (χ0) is 24.2. The van der Waals surface area contributed by atoms with E-state index in [0.29, 0.717) is 28.4 Å². The molecule has 2 amide bonds. The third-order valence-corrected chi connectivity index (χ3v) is 7.25. The van der Waals surface area contributed by atoms with Gasteiger partial charge in [-0.1, -0.05) is 48.0 Å². The Kier molecular flexibility index (Phi) is 7.57. The van der Waals surface area contributed by atoms with E-state index in [1.807, 2.05) is 43.3 Å². The fourth-order valence-corrected chi connectivity index (χ4v) is 5.65. The van der Waals surface area contributed by atoms with Gasteiger partial charge in [0.05, 0.1) is 32.0 Å². The first kappa shape index (κ1) is 24.3. The number of carbonyl (C=O) groups excluding carboxylic acids is 2. The summed E-state index contributed by atoms with van der Waals surface area (Å²) in [6, 6.07) is 20.9. The van der Waals surface area contributed by atoms with Crippen molar-refractivity contribution in [1.82, 2.24) is 4.90 Å². The van der Waals surface area contributed by atoms with Crippen LogP contribution in [0.3, 0.4) is 0 Å². The summed E-state index contributed by atoms with van der Waals surface area (Å²) in [6.45, 7) is 2.52. The minimum atomic E-state index is -0.380. The van der Waals surface area contributed by atoms with Gasteiger partial charge in [-0.05, 0) is 91.5 Å². The van der Waals surface area contributed by atoms with Crippen LogP contribution in [-0.2, 0) is 17.9 Å². The molecule has 34 heavy (non-hydrogen) atoms. The third-order valence-electron chi connectivity index (χ3n) is 5.16. The van der Waals surface area contributed by atoms with Gasteiger partial charge < -0.3 is 4.74 Å². The van der Waals surface area contributed by atoms with E-state index in [1.165, 1.54) is 5.56 Å². The summed E-state index contributed by atoms with van der Waals surface area (Å²) in [7, 11) is 0. The zero-order valence-corrected chi connectivity index (χ0v) is 22.0. The predicted octanol–water partition coefficient (Wildman–Crippen LogP) is 7.21. The molecule has 0 N–H and O–H groups in total. The Bertz CT molecular complexity index is 1320. The SMILES string of the molecule is Cc1ccc(COc2c(Br)cc(/C=C3/SC(=O)N(Cc4ccccc4C#N)C3=O)cc2Br)cc1. The van der Waals surface area contributed by atoms with E-state index in [2.05, 4.69) is 37.9 Å². The second-order valence-corrected chi connectivity index (χ2v) is 10.3. The van der Waals surface area contributed by atoms with Gasteiger partial charge in [-0.2, -0.15) is 5.26 Å². The number of hydrogen-bond acceptors (Lipinski definition) is 5. The lowest BCUT2D eigenvalue weighted by Crippen LogP contribution is -2.27.